The van der Waals surface area contributed by atoms with Crippen LogP contribution in [0.3, 0.4) is 0 Å². The van der Waals surface area contributed by atoms with Crippen LogP contribution in [0.5, 0.6) is 5.75 Å². The molecule has 1 rings (SSSR count). The molecule has 0 heterocycles. The summed E-state index contributed by atoms with van der Waals surface area (Å²) in [5.74, 6) is 0.191. The Labute approximate surface area is 83.9 Å². The molecule has 13 heavy (non-hydrogen) atoms. The normalized spacial score (nSPS) is 11.4. The van der Waals surface area contributed by atoms with Crippen molar-refractivity contribution in [2.45, 2.75) is 6.92 Å². The lowest BCUT2D eigenvalue weighted by atomic mass is 10.2. The van der Waals surface area contributed by atoms with E-state index >= 15 is 0 Å². The Morgan fingerprint density at radius 1 is 1.46 bits per heavy atom. The molecule has 2 N–H and O–H groups in total. The summed E-state index contributed by atoms with van der Waals surface area (Å²) in [6.07, 6.45) is 0. The average Bonchev–Trinajstić information content (AvgIpc) is 1.93. The first-order chi connectivity index (χ1) is 5.88. The molecule has 6 heteroatoms. The molecule has 0 bridgehead atoms. The number of aryl methyl sites for hydroxylation is 1. The largest absolute Gasteiger partial charge is 0.524 e. The second kappa shape index (κ2) is 3.80. The summed E-state index contributed by atoms with van der Waals surface area (Å²) in [7, 11) is -4.44. The number of phosphoric ester groups is 1. The van der Waals surface area contributed by atoms with Gasteiger partial charge in [-0.25, -0.2) is 4.57 Å². The summed E-state index contributed by atoms with van der Waals surface area (Å²) in [6, 6.07) is 4.86. The predicted octanol–water partition coefficient (Wildman–Crippen LogP) is 2.23. The number of hydrogen-bond acceptors (Lipinski definition) is 2. The Balaban J connectivity index is 2.97. The van der Waals surface area contributed by atoms with Crippen LogP contribution in [-0.2, 0) is 4.57 Å². The molecular formula is C7H8BrO4P. The van der Waals surface area contributed by atoms with Gasteiger partial charge in [0.15, 0.2) is 0 Å². The highest BCUT2D eigenvalue weighted by molar-refractivity contribution is 9.10. The minimum Gasteiger partial charge on any atom is -0.404 e. The maximum absolute atomic E-state index is 10.5. The molecule has 1 aromatic carbocycles. The summed E-state index contributed by atoms with van der Waals surface area (Å²) < 4.78 is 15.8. The van der Waals surface area contributed by atoms with Gasteiger partial charge < -0.3 is 4.52 Å². The quantitative estimate of drug-likeness (QED) is 0.806. The van der Waals surface area contributed by atoms with E-state index in [0.29, 0.717) is 5.56 Å². The highest BCUT2D eigenvalue weighted by Crippen LogP contribution is 2.39. The van der Waals surface area contributed by atoms with Gasteiger partial charge in [0.05, 0.1) is 0 Å². The Bertz CT molecular complexity index is 360. The number of rotatable bonds is 2. The lowest BCUT2D eigenvalue weighted by Crippen LogP contribution is -1.92. The zero-order chi connectivity index (χ0) is 10.1. The molecule has 0 aliphatic rings. The molecule has 0 amide bonds. The average molecular weight is 267 g/mol. The number of benzene rings is 1. The first kappa shape index (κ1) is 10.7. The third-order valence-electron chi connectivity index (χ3n) is 1.35. The van der Waals surface area contributed by atoms with E-state index in [-0.39, 0.29) is 5.75 Å². The van der Waals surface area contributed by atoms with Gasteiger partial charge in [-0.05, 0) is 30.7 Å². The van der Waals surface area contributed by atoms with E-state index in [4.69, 9.17) is 9.79 Å². The van der Waals surface area contributed by atoms with Crippen LogP contribution in [0.4, 0.5) is 0 Å². The van der Waals surface area contributed by atoms with Gasteiger partial charge in [-0.3, -0.25) is 9.79 Å². The van der Waals surface area contributed by atoms with Crippen LogP contribution >= 0.6 is 23.8 Å². The number of halogens is 1. The molecule has 1 aromatic rings. The van der Waals surface area contributed by atoms with Gasteiger partial charge in [-0.1, -0.05) is 15.9 Å². The Kier molecular flexibility index (Phi) is 3.14. The fourth-order valence-corrected chi connectivity index (χ4v) is 1.78. The van der Waals surface area contributed by atoms with Crippen LogP contribution in [0.25, 0.3) is 0 Å². The summed E-state index contributed by atoms with van der Waals surface area (Å²) in [4.78, 5) is 17.1. The molecule has 0 saturated carbocycles. The summed E-state index contributed by atoms with van der Waals surface area (Å²) in [5, 5.41) is 0. The fraction of sp³-hybridized carbons (Fsp3) is 0.143. The van der Waals surface area contributed by atoms with E-state index in [1.807, 2.05) is 0 Å². The van der Waals surface area contributed by atoms with Gasteiger partial charge in [0.1, 0.15) is 5.75 Å². The summed E-state index contributed by atoms with van der Waals surface area (Å²) >= 11 is 3.23. The van der Waals surface area contributed by atoms with Crippen molar-refractivity contribution in [1.29, 1.82) is 0 Å². The van der Waals surface area contributed by atoms with Crippen molar-refractivity contribution in [3.63, 3.8) is 0 Å². The van der Waals surface area contributed by atoms with E-state index in [1.165, 1.54) is 6.07 Å². The lowest BCUT2D eigenvalue weighted by molar-refractivity contribution is 0.282. The Morgan fingerprint density at radius 2 is 2.08 bits per heavy atom. The second-order valence-corrected chi connectivity index (χ2v) is 4.57. The van der Waals surface area contributed by atoms with E-state index in [2.05, 4.69) is 20.5 Å². The van der Waals surface area contributed by atoms with Crippen molar-refractivity contribution in [3.8, 4) is 5.75 Å². The van der Waals surface area contributed by atoms with Crippen LogP contribution in [0, 0.1) is 6.92 Å². The van der Waals surface area contributed by atoms with Crippen molar-refractivity contribution >= 4 is 23.8 Å². The zero-order valence-corrected chi connectivity index (χ0v) is 9.25. The first-order valence-electron chi connectivity index (χ1n) is 3.40. The molecule has 4 nitrogen and oxygen atoms in total. The maximum Gasteiger partial charge on any atom is 0.524 e. The minimum absolute atomic E-state index is 0.191. The van der Waals surface area contributed by atoms with Gasteiger partial charge in [0, 0.05) is 4.47 Å². The van der Waals surface area contributed by atoms with Crippen molar-refractivity contribution in [2.75, 3.05) is 0 Å². The predicted molar refractivity (Wildman–Crippen MR) is 51.6 cm³/mol. The van der Waals surface area contributed by atoms with Gasteiger partial charge >= 0.3 is 7.82 Å². The van der Waals surface area contributed by atoms with Gasteiger partial charge in [-0.2, -0.15) is 0 Å². The molecule has 0 aromatic heterocycles. The molecule has 0 spiro atoms. The van der Waals surface area contributed by atoms with Crippen LogP contribution in [0.2, 0.25) is 0 Å². The van der Waals surface area contributed by atoms with Crippen molar-refractivity contribution in [3.05, 3.63) is 28.2 Å². The van der Waals surface area contributed by atoms with Crippen LogP contribution < -0.4 is 4.52 Å². The van der Waals surface area contributed by atoms with Crippen molar-refractivity contribution < 1.29 is 18.9 Å². The zero-order valence-electron chi connectivity index (χ0n) is 6.77. The highest BCUT2D eigenvalue weighted by Gasteiger charge is 2.16. The third kappa shape index (κ3) is 3.48. The fourth-order valence-electron chi connectivity index (χ4n) is 0.843. The third-order valence-corrected chi connectivity index (χ3v) is 2.28. The van der Waals surface area contributed by atoms with Gasteiger partial charge in [0.25, 0.3) is 0 Å². The SMILES string of the molecule is Cc1cc(Br)ccc1OP(=O)(O)O. The second-order valence-electron chi connectivity index (χ2n) is 2.49. The molecule has 0 aliphatic carbocycles. The molecule has 0 radical (unpaired) electrons. The molecule has 0 unspecified atom stereocenters. The van der Waals surface area contributed by atoms with Crippen LogP contribution in [-0.4, -0.2) is 9.79 Å². The number of phosphoric acid groups is 1. The van der Waals surface area contributed by atoms with Crippen LogP contribution in [0.15, 0.2) is 22.7 Å². The van der Waals surface area contributed by atoms with E-state index in [9.17, 15) is 4.57 Å². The topological polar surface area (TPSA) is 66.8 Å². The van der Waals surface area contributed by atoms with Crippen molar-refractivity contribution in [2.24, 2.45) is 0 Å². The molecule has 0 aliphatic heterocycles. The van der Waals surface area contributed by atoms with Gasteiger partial charge in [0.2, 0.25) is 0 Å². The first-order valence-corrected chi connectivity index (χ1v) is 5.72. The van der Waals surface area contributed by atoms with E-state index < -0.39 is 7.82 Å². The standard InChI is InChI=1S/C7H8BrO4P/c1-5-4-6(8)2-3-7(5)12-13(9,10)11/h2-4H,1H3,(H2,9,10,11). The Morgan fingerprint density at radius 3 is 2.54 bits per heavy atom. The summed E-state index contributed by atoms with van der Waals surface area (Å²) in [6.45, 7) is 1.70. The minimum atomic E-state index is -4.44. The monoisotopic (exact) mass is 266 g/mol. The number of hydrogen-bond donors (Lipinski definition) is 2. The molecule has 72 valence electrons. The van der Waals surface area contributed by atoms with Gasteiger partial charge in [-0.15, -0.1) is 0 Å². The smallest absolute Gasteiger partial charge is 0.404 e. The van der Waals surface area contributed by atoms with Crippen LogP contribution in [0.1, 0.15) is 5.56 Å². The lowest BCUT2D eigenvalue weighted by Gasteiger charge is -2.09. The highest BCUT2D eigenvalue weighted by atomic mass is 79.9. The van der Waals surface area contributed by atoms with E-state index in [1.54, 1.807) is 19.1 Å². The van der Waals surface area contributed by atoms with Crippen molar-refractivity contribution in [1.82, 2.24) is 0 Å². The Hall–Kier alpha value is -0.350. The summed E-state index contributed by atoms with van der Waals surface area (Å²) in [5.41, 5.74) is 0.665. The molecule has 0 atom stereocenters. The molecule has 0 fully saturated rings. The molecular weight excluding hydrogens is 259 g/mol. The molecule has 0 saturated heterocycles. The maximum atomic E-state index is 10.5. The van der Waals surface area contributed by atoms with E-state index in [0.717, 1.165) is 4.47 Å².